The van der Waals surface area contributed by atoms with Gasteiger partial charge in [0.05, 0.1) is 6.54 Å². The molecule has 0 bridgehead atoms. The Labute approximate surface area is 148 Å². The van der Waals surface area contributed by atoms with Crippen LogP contribution in [0.15, 0.2) is 35.6 Å². The summed E-state index contributed by atoms with van der Waals surface area (Å²) in [4.78, 5) is 11.0. The maximum atomic E-state index is 6.19. The van der Waals surface area contributed by atoms with E-state index in [0.717, 1.165) is 42.7 Å². The van der Waals surface area contributed by atoms with Gasteiger partial charge in [-0.1, -0.05) is 29.8 Å². The fourth-order valence-electron chi connectivity index (χ4n) is 2.38. The summed E-state index contributed by atoms with van der Waals surface area (Å²) in [5.41, 5.74) is 1.17. The molecule has 0 aliphatic carbocycles. The number of hydrogen-bond acceptors (Lipinski definition) is 3. The van der Waals surface area contributed by atoms with E-state index >= 15 is 0 Å². The molecule has 0 amide bonds. The van der Waals surface area contributed by atoms with Gasteiger partial charge >= 0.3 is 0 Å². The molecule has 2 rings (SSSR count). The summed E-state index contributed by atoms with van der Waals surface area (Å²) in [6.45, 7) is 4.30. The fraction of sp³-hybridized carbons (Fsp3) is 0.471. The molecule has 1 N–H and O–H groups in total. The zero-order valence-corrected chi connectivity index (χ0v) is 15.3. The average molecular weight is 349 g/mol. The fourth-order valence-corrected chi connectivity index (χ4v) is 2.61. The van der Waals surface area contributed by atoms with Crippen molar-refractivity contribution in [2.24, 2.45) is 12.0 Å². The Hall–Kier alpha value is -2.08. The molecule has 0 saturated carbocycles. The third-order valence-electron chi connectivity index (χ3n) is 3.70. The second-order valence-corrected chi connectivity index (χ2v) is 5.99. The van der Waals surface area contributed by atoms with E-state index in [1.165, 1.54) is 5.56 Å². The Bertz CT molecular complexity index is 667. The van der Waals surface area contributed by atoms with Crippen molar-refractivity contribution in [1.29, 1.82) is 0 Å². The lowest BCUT2D eigenvalue weighted by Gasteiger charge is -2.21. The molecule has 0 radical (unpaired) electrons. The van der Waals surface area contributed by atoms with E-state index in [-0.39, 0.29) is 0 Å². The van der Waals surface area contributed by atoms with Gasteiger partial charge in [-0.25, -0.2) is 4.98 Å². The number of aliphatic imine (C=N–C) groups is 1. The first-order valence-electron chi connectivity index (χ1n) is 8.17. The average Bonchev–Trinajstić information content (AvgIpc) is 2.97. The summed E-state index contributed by atoms with van der Waals surface area (Å²) in [7, 11) is 3.90. The zero-order valence-electron chi connectivity index (χ0n) is 14.5. The quantitative estimate of drug-likeness (QED) is 0.474. The van der Waals surface area contributed by atoms with Gasteiger partial charge in [0.25, 0.3) is 0 Å². The van der Waals surface area contributed by atoms with Crippen LogP contribution >= 0.6 is 11.6 Å². The third kappa shape index (κ3) is 5.23. The minimum atomic E-state index is 0.660. The Morgan fingerprint density at radius 3 is 2.83 bits per heavy atom. The summed E-state index contributed by atoms with van der Waals surface area (Å²) < 4.78 is 1.78. The van der Waals surface area contributed by atoms with Gasteiger partial charge in [-0.05, 0) is 31.4 Å². The van der Waals surface area contributed by atoms with Gasteiger partial charge in [-0.15, -0.1) is 0 Å². The highest BCUT2D eigenvalue weighted by Gasteiger charge is 2.09. The van der Waals surface area contributed by atoms with Crippen LogP contribution in [0, 0.1) is 0 Å². The largest absolute Gasteiger partial charge is 0.357 e. The number of hydrogen-bond donors (Lipinski definition) is 1. The van der Waals surface area contributed by atoms with Gasteiger partial charge in [-0.3, -0.25) is 9.67 Å². The Kier molecular flexibility index (Phi) is 7.06. The summed E-state index contributed by atoms with van der Waals surface area (Å²) in [6, 6.07) is 7.97. The molecule has 0 atom stereocenters. The van der Waals surface area contributed by atoms with Crippen LogP contribution in [-0.2, 0) is 20.0 Å². The first kappa shape index (κ1) is 18.3. The van der Waals surface area contributed by atoms with Crippen LogP contribution in [0.4, 0.5) is 0 Å². The van der Waals surface area contributed by atoms with Crippen LogP contribution in [0.5, 0.6) is 0 Å². The van der Waals surface area contributed by atoms with E-state index in [4.69, 9.17) is 16.6 Å². The third-order valence-corrected chi connectivity index (χ3v) is 4.07. The van der Waals surface area contributed by atoms with Crippen LogP contribution in [0.25, 0.3) is 0 Å². The summed E-state index contributed by atoms with van der Waals surface area (Å²) in [6.07, 6.45) is 3.45. The molecule has 1 aromatic heterocycles. The molecule has 0 aliphatic heterocycles. The molecule has 0 fully saturated rings. The SMILES string of the molecule is CCNC(=NCCCc1ccccc1Cl)N(C)Cc1ncnn1C. The maximum Gasteiger partial charge on any atom is 0.194 e. The first-order valence-corrected chi connectivity index (χ1v) is 8.55. The molecule has 0 spiro atoms. The highest BCUT2D eigenvalue weighted by molar-refractivity contribution is 6.31. The monoisotopic (exact) mass is 348 g/mol. The van der Waals surface area contributed by atoms with Crippen LogP contribution in [0.2, 0.25) is 5.02 Å². The summed E-state index contributed by atoms with van der Waals surface area (Å²) >= 11 is 6.19. The lowest BCUT2D eigenvalue weighted by Crippen LogP contribution is -2.39. The molecule has 130 valence electrons. The predicted molar refractivity (Wildman–Crippen MR) is 98.2 cm³/mol. The van der Waals surface area contributed by atoms with Crippen molar-refractivity contribution in [3.05, 3.63) is 47.0 Å². The second-order valence-electron chi connectivity index (χ2n) is 5.59. The molecular formula is C17H25ClN6. The summed E-state index contributed by atoms with van der Waals surface area (Å²) in [5, 5.41) is 8.24. The molecule has 1 heterocycles. The predicted octanol–water partition coefficient (Wildman–Crippen LogP) is 2.50. The highest BCUT2D eigenvalue weighted by Crippen LogP contribution is 2.16. The van der Waals surface area contributed by atoms with Gasteiger partial charge in [-0.2, -0.15) is 5.10 Å². The first-order chi connectivity index (χ1) is 11.6. The number of nitrogens with zero attached hydrogens (tertiary/aromatic N) is 5. The molecule has 6 nitrogen and oxygen atoms in total. The van der Waals surface area contributed by atoms with E-state index in [1.54, 1.807) is 11.0 Å². The number of halogens is 1. The van der Waals surface area contributed by atoms with Crippen molar-refractivity contribution in [3.8, 4) is 0 Å². The molecule has 24 heavy (non-hydrogen) atoms. The van der Waals surface area contributed by atoms with E-state index in [9.17, 15) is 0 Å². The molecule has 0 unspecified atom stereocenters. The standard InChI is InChI=1S/C17H25ClN6/c1-4-19-17(23(2)12-16-21-13-22-24(16)3)20-11-7-9-14-8-5-6-10-15(14)18/h5-6,8,10,13H,4,7,9,11-12H2,1-3H3,(H,19,20). The van der Waals surface area contributed by atoms with E-state index in [1.807, 2.05) is 32.3 Å². The van der Waals surface area contributed by atoms with Crippen LogP contribution in [-0.4, -0.2) is 45.8 Å². The number of aromatic nitrogens is 3. The second kappa shape index (κ2) is 9.27. The number of benzene rings is 1. The molecule has 2 aromatic rings. The lowest BCUT2D eigenvalue weighted by molar-refractivity contribution is 0.448. The number of guanidine groups is 1. The number of aryl methyl sites for hydroxylation is 2. The molecular weight excluding hydrogens is 324 g/mol. The number of nitrogens with one attached hydrogen (secondary N) is 1. The van der Waals surface area contributed by atoms with Crippen LogP contribution in [0.3, 0.4) is 0 Å². The van der Waals surface area contributed by atoms with Crippen LogP contribution < -0.4 is 5.32 Å². The van der Waals surface area contributed by atoms with Crippen molar-refractivity contribution in [1.82, 2.24) is 25.0 Å². The van der Waals surface area contributed by atoms with Crippen molar-refractivity contribution < 1.29 is 0 Å². The Balaban J connectivity index is 1.90. The topological polar surface area (TPSA) is 58.3 Å². The van der Waals surface area contributed by atoms with E-state index < -0.39 is 0 Å². The van der Waals surface area contributed by atoms with Crippen molar-refractivity contribution in [3.63, 3.8) is 0 Å². The van der Waals surface area contributed by atoms with Gasteiger partial charge in [0.15, 0.2) is 5.96 Å². The Morgan fingerprint density at radius 1 is 1.38 bits per heavy atom. The van der Waals surface area contributed by atoms with Crippen molar-refractivity contribution in [2.75, 3.05) is 20.1 Å². The highest BCUT2D eigenvalue weighted by atomic mass is 35.5. The van der Waals surface area contributed by atoms with Gasteiger partial charge in [0, 0.05) is 32.2 Å². The minimum Gasteiger partial charge on any atom is -0.357 e. The lowest BCUT2D eigenvalue weighted by atomic mass is 10.1. The maximum absolute atomic E-state index is 6.19. The minimum absolute atomic E-state index is 0.660. The van der Waals surface area contributed by atoms with E-state index in [0.29, 0.717) is 6.54 Å². The van der Waals surface area contributed by atoms with Crippen molar-refractivity contribution in [2.45, 2.75) is 26.3 Å². The van der Waals surface area contributed by atoms with Gasteiger partial charge in [0.2, 0.25) is 0 Å². The molecule has 1 aromatic carbocycles. The Morgan fingerprint density at radius 2 is 2.17 bits per heavy atom. The van der Waals surface area contributed by atoms with Gasteiger partial charge in [0.1, 0.15) is 12.2 Å². The smallest absolute Gasteiger partial charge is 0.194 e. The molecule has 7 heteroatoms. The number of rotatable bonds is 7. The summed E-state index contributed by atoms with van der Waals surface area (Å²) in [5.74, 6) is 1.78. The van der Waals surface area contributed by atoms with Crippen molar-refractivity contribution >= 4 is 17.6 Å². The van der Waals surface area contributed by atoms with E-state index in [2.05, 4.69) is 33.3 Å². The molecule has 0 saturated heterocycles. The normalized spacial score (nSPS) is 11.6. The molecule has 0 aliphatic rings. The van der Waals surface area contributed by atoms with Crippen LogP contribution in [0.1, 0.15) is 24.7 Å². The zero-order chi connectivity index (χ0) is 17.4. The van der Waals surface area contributed by atoms with Gasteiger partial charge < -0.3 is 10.2 Å².